The summed E-state index contributed by atoms with van der Waals surface area (Å²) in [5.74, 6) is 3.42. The van der Waals surface area contributed by atoms with Crippen molar-refractivity contribution in [2.45, 2.75) is 25.7 Å². The molecule has 2 aliphatic carbocycles. The number of aryl methyl sites for hydroxylation is 1. The maximum Gasteiger partial charge on any atom is 0.127 e. The minimum atomic E-state index is 0.573. The fraction of sp³-hybridized carbons (Fsp3) is 0.500. The third kappa shape index (κ3) is 1.42. The van der Waals surface area contributed by atoms with Crippen molar-refractivity contribution in [3.63, 3.8) is 0 Å². The number of nitrogens with two attached hydrogens (primary N) is 1. The van der Waals surface area contributed by atoms with E-state index in [-0.39, 0.29) is 0 Å². The molecule has 2 aliphatic rings. The van der Waals surface area contributed by atoms with Crippen LogP contribution in [0.4, 0.5) is 5.82 Å². The quantitative estimate of drug-likeness (QED) is 0.707. The van der Waals surface area contributed by atoms with Crippen LogP contribution in [0, 0.1) is 18.8 Å². The van der Waals surface area contributed by atoms with Gasteiger partial charge >= 0.3 is 0 Å². The lowest BCUT2D eigenvalue weighted by atomic mass is 9.90. The van der Waals surface area contributed by atoms with Crippen molar-refractivity contribution in [1.29, 1.82) is 0 Å². The van der Waals surface area contributed by atoms with E-state index in [9.17, 15) is 0 Å². The number of hydrogen-bond donors (Lipinski definition) is 1. The molecular formula is C12H15N3. The Bertz CT molecular complexity index is 405. The van der Waals surface area contributed by atoms with Gasteiger partial charge in [-0.3, -0.25) is 0 Å². The average molecular weight is 201 g/mol. The van der Waals surface area contributed by atoms with Gasteiger partial charge in [-0.2, -0.15) is 0 Å². The van der Waals surface area contributed by atoms with Gasteiger partial charge in [0.1, 0.15) is 11.6 Å². The molecule has 1 aromatic heterocycles. The number of nitrogens with zero attached hydrogens (tertiary/aromatic N) is 2. The molecule has 1 heterocycles. The van der Waals surface area contributed by atoms with Gasteiger partial charge in [-0.05, 0) is 31.6 Å². The lowest BCUT2D eigenvalue weighted by molar-refractivity contribution is 0.567. The molecule has 1 saturated carbocycles. The van der Waals surface area contributed by atoms with Gasteiger partial charge in [0.15, 0.2) is 0 Å². The van der Waals surface area contributed by atoms with Crippen LogP contribution in [-0.2, 0) is 0 Å². The molecule has 0 aromatic carbocycles. The van der Waals surface area contributed by atoms with Gasteiger partial charge in [0, 0.05) is 17.7 Å². The lowest BCUT2D eigenvalue weighted by Crippen LogP contribution is -2.09. The Labute approximate surface area is 89.4 Å². The van der Waals surface area contributed by atoms with Crippen molar-refractivity contribution in [1.82, 2.24) is 9.97 Å². The van der Waals surface area contributed by atoms with E-state index >= 15 is 0 Å². The summed E-state index contributed by atoms with van der Waals surface area (Å²) >= 11 is 0. The van der Waals surface area contributed by atoms with Gasteiger partial charge < -0.3 is 5.73 Å². The van der Waals surface area contributed by atoms with Crippen molar-refractivity contribution in [2.75, 3.05) is 5.73 Å². The summed E-state index contributed by atoms with van der Waals surface area (Å²) < 4.78 is 0. The summed E-state index contributed by atoms with van der Waals surface area (Å²) in [5.41, 5.74) is 6.89. The minimum Gasteiger partial charge on any atom is -0.384 e. The Morgan fingerprint density at radius 3 is 2.73 bits per heavy atom. The SMILES string of the molecule is Cc1nc(N)cc([C@@H]2C[C@H]3C=C[C@H]2C3)n1. The molecule has 0 radical (unpaired) electrons. The number of hydrogen-bond acceptors (Lipinski definition) is 3. The predicted molar refractivity (Wildman–Crippen MR) is 59.3 cm³/mol. The summed E-state index contributed by atoms with van der Waals surface area (Å²) in [5, 5.41) is 0. The van der Waals surface area contributed by atoms with Crippen LogP contribution < -0.4 is 5.73 Å². The average Bonchev–Trinajstić information content (AvgIpc) is 2.76. The highest BCUT2D eigenvalue weighted by Gasteiger charge is 2.37. The predicted octanol–water partition coefficient (Wildman–Crippen LogP) is 2.05. The second-order valence-electron chi connectivity index (χ2n) is 4.65. The van der Waals surface area contributed by atoms with Crippen molar-refractivity contribution in [3.05, 3.63) is 29.7 Å². The van der Waals surface area contributed by atoms with Crippen LogP contribution >= 0.6 is 0 Å². The molecular weight excluding hydrogens is 186 g/mol. The Morgan fingerprint density at radius 1 is 1.27 bits per heavy atom. The number of anilines is 1. The highest BCUT2D eigenvalue weighted by Crippen LogP contribution is 2.48. The Kier molecular flexibility index (Phi) is 1.81. The van der Waals surface area contributed by atoms with Crippen LogP contribution in [0.3, 0.4) is 0 Å². The number of allylic oxidation sites excluding steroid dienone is 2. The summed E-state index contributed by atoms with van der Waals surface area (Å²) in [7, 11) is 0. The van der Waals surface area contributed by atoms with Gasteiger partial charge in [-0.1, -0.05) is 12.2 Å². The molecule has 2 N–H and O–H groups in total. The van der Waals surface area contributed by atoms with E-state index in [0.29, 0.717) is 17.7 Å². The van der Waals surface area contributed by atoms with Crippen molar-refractivity contribution in [2.24, 2.45) is 11.8 Å². The molecule has 0 saturated heterocycles. The van der Waals surface area contributed by atoms with E-state index in [1.807, 2.05) is 13.0 Å². The van der Waals surface area contributed by atoms with E-state index in [0.717, 1.165) is 17.4 Å². The van der Waals surface area contributed by atoms with Crippen LogP contribution in [0.1, 0.15) is 30.3 Å². The fourth-order valence-electron chi connectivity index (χ4n) is 2.93. The fourth-order valence-corrected chi connectivity index (χ4v) is 2.93. The Morgan fingerprint density at radius 2 is 2.13 bits per heavy atom. The topological polar surface area (TPSA) is 51.8 Å². The number of aromatic nitrogens is 2. The first kappa shape index (κ1) is 8.89. The zero-order valence-corrected chi connectivity index (χ0v) is 8.85. The Balaban J connectivity index is 1.96. The molecule has 0 spiro atoms. The van der Waals surface area contributed by atoms with E-state index in [4.69, 9.17) is 5.73 Å². The number of fused-ring (bicyclic) bond motifs is 2. The molecule has 0 unspecified atom stereocenters. The molecule has 1 fully saturated rings. The maximum absolute atomic E-state index is 5.76. The standard InChI is InChI=1S/C12H15N3/c1-7-14-11(6-12(13)15-7)10-5-8-2-3-9(10)4-8/h2-3,6,8-10H,4-5H2,1H3,(H2,13,14,15)/t8-,9-,10+/m0/s1. The van der Waals surface area contributed by atoms with Crippen LogP contribution in [-0.4, -0.2) is 9.97 Å². The molecule has 3 rings (SSSR count). The number of rotatable bonds is 1. The highest BCUT2D eigenvalue weighted by atomic mass is 14.9. The second-order valence-corrected chi connectivity index (χ2v) is 4.65. The third-order valence-electron chi connectivity index (χ3n) is 3.54. The number of nitrogen functional groups attached to an aromatic ring is 1. The summed E-state index contributed by atoms with van der Waals surface area (Å²) in [4.78, 5) is 8.63. The first-order valence-electron chi connectivity index (χ1n) is 5.52. The summed E-state index contributed by atoms with van der Waals surface area (Å²) in [6.45, 7) is 1.91. The largest absolute Gasteiger partial charge is 0.384 e. The van der Waals surface area contributed by atoms with Gasteiger partial charge in [0.25, 0.3) is 0 Å². The molecule has 3 nitrogen and oxygen atoms in total. The maximum atomic E-state index is 5.76. The highest BCUT2D eigenvalue weighted by molar-refractivity contribution is 5.33. The zero-order valence-electron chi connectivity index (χ0n) is 8.85. The van der Waals surface area contributed by atoms with Crippen molar-refractivity contribution < 1.29 is 0 Å². The van der Waals surface area contributed by atoms with Gasteiger partial charge in [-0.25, -0.2) is 9.97 Å². The van der Waals surface area contributed by atoms with E-state index in [1.165, 1.54) is 12.8 Å². The van der Waals surface area contributed by atoms with Crippen molar-refractivity contribution >= 4 is 5.82 Å². The smallest absolute Gasteiger partial charge is 0.127 e. The van der Waals surface area contributed by atoms with Crippen molar-refractivity contribution in [3.8, 4) is 0 Å². The van der Waals surface area contributed by atoms with Gasteiger partial charge in [0.2, 0.25) is 0 Å². The van der Waals surface area contributed by atoms with Crippen LogP contribution in [0.5, 0.6) is 0 Å². The molecule has 0 aliphatic heterocycles. The first-order valence-corrected chi connectivity index (χ1v) is 5.52. The van der Waals surface area contributed by atoms with Crippen LogP contribution in [0.2, 0.25) is 0 Å². The summed E-state index contributed by atoms with van der Waals surface area (Å²) in [6.07, 6.45) is 7.22. The molecule has 15 heavy (non-hydrogen) atoms. The normalized spacial score (nSPS) is 32.5. The molecule has 1 aromatic rings. The van der Waals surface area contributed by atoms with E-state index < -0.39 is 0 Å². The Hall–Kier alpha value is -1.38. The van der Waals surface area contributed by atoms with Gasteiger partial charge in [-0.15, -0.1) is 0 Å². The van der Waals surface area contributed by atoms with Crippen LogP contribution in [0.25, 0.3) is 0 Å². The third-order valence-corrected chi connectivity index (χ3v) is 3.54. The monoisotopic (exact) mass is 201 g/mol. The molecule has 78 valence electrons. The first-order chi connectivity index (χ1) is 7.22. The van der Waals surface area contributed by atoms with Crippen LogP contribution in [0.15, 0.2) is 18.2 Å². The van der Waals surface area contributed by atoms with E-state index in [2.05, 4.69) is 22.1 Å². The molecule has 2 bridgehead atoms. The second kappa shape index (κ2) is 3.05. The molecule has 3 heteroatoms. The molecule has 3 atom stereocenters. The summed E-state index contributed by atoms with van der Waals surface area (Å²) in [6, 6.07) is 1.94. The molecule has 0 amide bonds. The lowest BCUT2D eigenvalue weighted by Gasteiger charge is -2.17. The minimum absolute atomic E-state index is 0.573. The van der Waals surface area contributed by atoms with Gasteiger partial charge in [0.05, 0.1) is 0 Å². The zero-order chi connectivity index (χ0) is 10.4. The van der Waals surface area contributed by atoms with E-state index in [1.54, 1.807) is 0 Å².